The van der Waals surface area contributed by atoms with Crippen LogP contribution >= 0.6 is 22.7 Å². The van der Waals surface area contributed by atoms with Crippen LogP contribution in [-0.4, -0.2) is 140 Å². The van der Waals surface area contributed by atoms with Crippen molar-refractivity contribution in [2.45, 2.75) is 163 Å². The van der Waals surface area contributed by atoms with Crippen molar-refractivity contribution in [1.29, 1.82) is 0 Å². The molecule has 2 aromatic heterocycles. The Morgan fingerprint density at radius 3 is 1.48 bits per heavy atom. The fourth-order valence-electron chi connectivity index (χ4n) is 11.2. The van der Waals surface area contributed by atoms with Crippen molar-refractivity contribution in [3.8, 4) is 20.9 Å². The Labute approximate surface area is 570 Å². The van der Waals surface area contributed by atoms with Crippen molar-refractivity contribution >= 4 is 68.8 Å². The Balaban J connectivity index is 1.16. The minimum Gasteiger partial charge on any atom is -0.463 e. The molecule has 0 N–H and O–H groups in total. The van der Waals surface area contributed by atoms with Crippen LogP contribution in [0, 0.1) is 11.3 Å². The Morgan fingerprint density at radius 1 is 0.531 bits per heavy atom. The highest BCUT2D eigenvalue weighted by Gasteiger charge is 2.71. The number of allylic oxidation sites excluding steroid dienone is 9. The fourth-order valence-corrected chi connectivity index (χ4v) is 13.6. The molecule has 0 bridgehead atoms. The fraction of sp³-hybridized carbons (Fsp3) is 0.547. The van der Waals surface area contributed by atoms with Gasteiger partial charge in [-0.3, -0.25) is 19.2 Å². The molecule has 2 unspecified atom stereocenters. The van der Waals surface area contributed by atoms with Crippen molar-refractivity contribution in [2.75, 3.05) is 92.5 Å². The number of hydrogen-bond donors (Lipinski definition) is 0. The maximum absolute atomic E-state index is 17.5. The van der Waals surface area contributed by atoms with Crippen LogP contribution in [0.4, 0.5) is 22.0 Å². The molecule has 21 heteroatoms. The molecule has 96 heavy (non-hydrogen) atoms. The largest absolute Gasteiger partial charge is 0.463 e. The zero-order valence-electron chi connectivity index (χ0n) is 57.6. The molecule has 0 spiro atoms. The van der Waals surface area contributed by atoms with Crippen LogP contribution in [0.5, 0.6) is 0 Å². The summed E-state index contributed by atoms with van der Waals surface area (Å²) in [5.74, 6) is -12.5. The predicted molar refractivity (Wildman–Crippen MR) is 366 cm³/mol. The molecule has 2 atom stereocenters. The summed E-state index contributed by atoms with van der Waals surface area (Å²) in [7, 11) is 0. The van der Waals surface area contributed by atoms with Gasteiger partial charge in [-0.2, -0.15) is 17.6 Å². The molecule has 3 aliphatic carbocycles. The van der Waals surface area contributed by atoms with Crippen molar-refractivity contribution in [2.24, 2.45) is 11.3 Å². The van der Waals surface area contributed by atoms with Crippen LogP contribution in [0.2, 0.25) is 0 Å². The molecule has 4 aromatic rings. The number of benzene rings is 2. The molecule has 0 aliphatic heterocycles. The van der Waals surface area contributed by atoms with Crippen LogP contribution in [0.25, 0.3) is 43.2 Å². The molecule has 526 valence electrons. The van der Waals surface area contributed by atoms with Crippen LogP contribution in [0.3, 0.4) is 0 Å². The summed E-state index contributed by atoms with van der Waals surface area (Å²) in [5, 5.41) is 0. The first kappa shape index (κ1) is 77.2. The number of rotatable bonds is 36. The van der Waals surface area contributed by atoms with E-state index in [-0.39, 0.29) is 80.0 Å². The third kappa shape index (κ3) is 20.7. The lowest BCUT2D eigenvalue weighted by atomic mass is 9.76. The number of esters is 4. The van der Waals surface area contributed by atoms with Gasteiger partial charge in [0.1, 0.15) is 24.4 Å². The molecule has 0 radical (unpaired) electrons. The number of halogens is 5. The lowest BCUT2D eigenvalue weighted by molar-refractivity contribution is -0.186. The molecular formula is C75H95F5O14S2. The summed E-state index contributed by atoms with van der Waals surface area (Å²) < 4.78 is 140. The van der Waals surface area contributed by atoms with E-state index in [4.69, 9.17) is 47.4 Å². The van der Waals surface area contributed by atoms with Gasteiger partial charge in [0.05, 0.1) is 91.8 Å². The lowest BCUT2D eigenvalue weighted by Crippen LogP contribution is -2.43. The Kier molecular flexibility index (Phi) is 27.8. The number of alkyl halides is 5. The van der Waals surface area contributed by atoms with Gasteiger partial charge >= 0.3 is 35.7 Å². The number of carbonyl (C=O) groups excluding carboxylic acids is 4. The number of thiophene rings is 2. The minimum absolute atomic E-state index is 0.000447. The highest BCUT2D eigenvalue weighted by molar-refractivity contribution is 7.19. The average Bonchev–Trinajstić information content (AvgIpc) is 1.54. The Hall–Kier alpha value is -6.17. The predicted octanol–water partition coefficient (Wildman–Crippen LogP) is 17.0. The number of ether oxygens (including phenoxy) is 10. The van der Waals surface area contributed by atoms with Crippen molar-refractivity contribution < 1.29 is 88.5 Å². The van der Waals surface area contributed by atoms with Crippen LogP contribution in [0.1, 0.15) is 160 Å². The van der Waals surface area contributed by atoms with Gasteiger partial charge in [-0.1, -0.05) is 120 Å². The number of carbonyl (C=O) groups is 4. The first-order valence-electron chi connectivity index (χ1n) is 33.0. The van der Waals surface area contributed by atoms with Crippen molar-refractivity contribution in [3.63, 3.8) is 0 Å². The normalized spacial score (nSPS) is 17.3. The molecule has 0 amide bonds. The summed E-state index contributed by atoms with van der Waals surface area (Å²) in [5.41, 5.74) is -0.347. The molecule has 0 fully saturated rings. The molecule has 3 aliphatic rings. The SMILES string of the molecule is CCOCCOCCOCCOC(=O)CCC(=O)OC(C)(C)C1=CC=C(c2cc(C3=C(c4cc(-c5ccc(C(C)(C)OC(=O)CCC(=O)OCCOCCOCCOCC)cc5)sc4-c4ccc(C(C)(C)C)cc4)C(F)C(F)(F)C3(F)F)c(C3=CCC(C(C)(C)C)C=C3)s2)CC1. The van der Waals surface area contributed by atoms with Gasteiger partial charge in [0, 0.05) is 55.0 Å². The Morgan fingerprint density at radius 2 is 1.00 bits per heavy atom. The number of hydrogen-bond acceptors (Lipinski definition) is 16. The molecule has 7 rings (SSSR count). The van der Waals surface area contributed by atoms with E-state index in [1.807, 2.05) is 65.0 Å². The topological polar surface area (TPSA) is 161 Å². The van der Waals surface area contributed by atoms with Crippen LogP contribution in [-0.2, 0) is 77.6 Å². The summed E-state index contributed by atoms with van der Waals surface area (Å²) in [4.78, 5) is 52.8. The van der Waals surface area contributed by atoms with E-state index in [1.54, 1.807) is 76.2 Å². The molecule has 0 saturated heterocycles. The smallest absolute Gasteiger partial charge is 0.349 e. The van der Waals surface area contributed by atoms with Crippen LogP contribution < -0.4 is 0 Å². The van der Waals surface area contributed by atoms with Gasteiger partial charge in [0.2, 0.25) is 0 Å². The monoisotopic (exact) mass is 1380 g/mol. The van der Waals surface area contributed by atoms with E-state index in [0.717, 1.165) is 22.5 Å². The summed E-state index contributed by atoms with van der Waals surface area (Å²) in [6.45, 7) is 27.8. The third-order valence-corrected chi connectivity index (χ3v) is 19.4. The van der Waals surface area contributed by atoms with Crippen LogP contribution in [0.15, 0.2) is 96.6 Å². The quantitative estimate of drug-likeness (QED) is 0.0183. The molecule has 2 heterocycles. The maximum Gasteiger partial charge on any atom is 0.349 e. The van der Waals surface area contributed by atoms with Crippen molar-refractivity contribution in [3.05, 3.63) is 129 Å². The van der Waals surface area contributed by atoms with Gasteiger partial charge in [-0.05, 0) is 129 Å². The van der Waals surface area contributed by atoms with Gasteiger partial charge < -0.3 is 47.4 Å². The van der Waals surface area contributed by atoms with Crippen molar-refractivity contribution in [1.82, 2.24) is 0 Å². The summed E-state index contributed by atoms with van der Waals surface area (Å²) in [6, 6.07) is 17.3. The third-order valence-electron chi connectivity index (χ3n) is 16.9. The minimum atomic E-state index is -5.17. The molecule has 2 aromatic carbocycles. The highest BCUT2D eigenvalue weighted by Crippen LogP contribution is 2.62. The second-order valence-electron chi connectivity index (χ2n) is 26.8. The zero-order chi connectivity index (χ0) is 70.1. The van der Waals surface area contributed by atoms with Gasteiger partial charge in [-0.25, -0.2) is 4.39 Å². The average molecular weight is 1380 g/mol. The van der Waals surface area contributed by atoms with E-state index >= 15 is 22.0 Å². The second-order valence-corrected chi connectivity index (χ2v) is 28.9. The summed E-state index contributed by atoms with van der Waals surface area (Å²) >= 11 is 2.33. The molecule has 14 nitrogen and oxygen atoms in total. The molecular weight excluding hydrogens is 1280 g/mol. The molecule has 0 saturated carbocycles. The highest BCUT2D eigenvalue weighted by atomic mass is 32.1. The Bertz CT molecular complexity index is 3430. The van der Waals surface area contributed by atoms with Gasteiger partial charge in [0.15, 0.2) is 6.17 Å². The maximum atomic E-state index is 17.5. The standard InChI is InChI=1S/C75H95F5O14S2/c1-13-85-35-37-87-39-41-89-43-45-91-61(81)31-33-63(83)93-72(9,10)55-27-15-49(16-28-55)59-47-57(67(95-59)51-19-23-53(24-20-51)70(3,4)5)65-66(74(77,78)75(79,80)69(65)76)58-48-60(96-68(58)52-21-25-54(26-22-52)71(6,7)8)50-17-29-56(30-18-50)73(11,12)94-64(84)34-32-62(82)92-46-44-90-42-40-88-38-36-86-14-2/h15-17,19-25,27-29,47-48,54,69H,13-14,18,26,30-46H2,1-12H3. The zero-order valence-corrected chi connectivity index (χ0v) is 59.2. The lowest BCUT2D eigenvalue weighted by Gasteiger charge is -2.30. The van der Waals surface area contributed by atoms with E-state index in [2.05, 4.69) is 20.8 Å². The van der Waals surface area contributed by atoms with E-state index in [9.17, 15) is 19.2 Å². The summed E-state index contributed by atoms with van der Waals surface area (Å²) in [6.07, 6.45) is 6.34. The van der Waals surface area contributed by atoms with E-state index in [1.165, 1.54) is 23.5 Å². The first-order chi connectivity index (χ1) is 45.4. The van der Waals surface area contributed by atoms with E-state index in [0.29, 0.717) is 133 Å². The van der Waals surface area contributed by atoms with E-state index < -0.39 is 64.2 Å². The van der Waals surface area contributed by atoms with Gasteiger partial charge in [0.25, 0.3) is 0 Å². The second kappa shape index (κ2) is 34.6. The first-order valence-corrected chi connectivity index (χ1v) is 34.7. The van der Waals surface area contributed by atoms with Gasteiger partial charge in [-0.15, -0.1) is 22.7 Å².